The molecule has 0 bridgehead atoms. The van der Waals surface area contributed by atoms with Crippen LogP contribution in [0.2, 0.25) is 0 Å². The van der Waals surface area contributed by atoms with Crippen molar-refractivity contribution < 1.29 is 8.96 Å². The van der Waals surface area contributed by atoms with E-state index in [0.717, 1.165) is 11.1 Å². The first-order valence-electron chi connectivity index (χ1n) is 9.14. The predicted molar refractivity (Wildman–Crippen MR) is 103 cm³/mol. The van der Waals surface area contributed by atoms with Crippen LogP contribution in [0.3, 0.4) is 0 Å². The molecule has 0 radical (unpaired) electrons. The Morgan fingerprint density at radius 1 is 0.920 bits per heavy atom. The van der Waals surface area contributed by atoms with E-state index in [1.54, 1.807) is 12.1 Å². The van der Waals surface area contributed by atoms with E-state index in [4.69, 9.17) is 0 Å². The molecule has 1 aliphatic carbocycles. The largest absolute Gasteiger partial charge is 0.216 e. The maximum Gasteiger partial charge on any atom is 0.216 e. The van der Waals surface area contributed by atoms with Gasteiger partial charge in [0, 0.05) is 22.0 Å². The van der Waals surface area contributed by atoms with Gasteiger partial charge in [-0.15, -0.1) is 0 Å². The van der Waals surface area contributed by atoms with Gasteiger partial charge >= 0.3 is 0 Å². The fourth-order valence-electron chi connectivity index (χ4n) is 4.15. The monoisotopic (exact) mass is 340 g/mol. The minimum atomic E-state index is -0.161. The van der Waals surface area contributed by atoms with E-state index in [1.807, 2.05) is 6.92 Å². The lowest BCUT2D eigenvalue weighted by atomic mass is 9.55. The van der Waals surface area contributed by atoms with Crippen LogP contribution in [0.25, 0.3) is 11.3 Å². The molecule has 0 N–H and O–H groups in total. The fourth-order valence-corrected chi connectivity index (χ4v) is 4.15. The van der Waals surface area contributed by atoms with Crippen LogP contribution in [0.5, 0.6) is 0 Å². The zero-order valence-corrected chi connectivity index (χ0v) is 17.1. The van der Waals surface area contributed by atoms with E-state index in [1.165, 1.54) is 22.4 Å². The number of aryl methyl sites for hydroxylation is 2. The van der Waals surface area contributed by atoms with Crippen LogP contribution in [0.4, 0.5) is 4.39 Å². The molecule has 0 aliphatic heterocycles. The number of fused-ring (bicyclic) bond motifs is 3. The van der Waals surface area contributed by atoms with Gasteiger partial charge in [0.25, 0.3) is 0 Å². The highest BCUT2D eigenvalue weighted by Gasteiger charge is 2.50. The van der Waals surface area contributed by atoms with E-state index >= 15 is 0 Å². The van der Waals surface area contributed by atoms with Crippen molar-refractivity contribution >= 4 is 0 Å². The summed E-state index contributed by atoms with van der Waals surface area (Å²) in [6, 6.07) is 5.78. The molecule has 0 fully saturated rings. The molecule has 1 aromatic heterocycles. The van der Waals surface area contributed by atoms with E-state index in [2.05, 4.69) is 72.3 Å². The van der Waals surface area contributed by atoms with E-state index < -0.39 is 0 Å². The first-order valence-corrected chi connectivity index (χ1v) is 9.14. The maximum absolute atomic E-state index is 14.2. The summed E-state index contributed by atoms with van der Waals surface area (Å²) in [4.78, 5) is 0. The summed E-state index contributed by atoms with van der Waals surface area (Å²) in [5, 5.41) is 0. The molecular weight excluding hydrogens is 309 g/mol. The van der Waals surface area contributed by atoms with Crippen LogP contribution in [-0.2, 0) is 23.3 Å². The van der Waals surface area contributed by atoms with Gasteiger partial charge in [-0.05, 0) is 41.7 Å². The number of halogens is 1. The van der Waals surface area contributed by atoms with Crippen molar-refractivity contribution in [1.29, 1.82) is 0 Å². The first kappa shape index (κ1) is 18.1. The smallest absolute Gasteiger partial charge is 0.207 e. The minimum absolute atomic E-state index is 0.0884. The molecule has 1 heterocycles. The Hall–Kier alpha value is -1.70. The average molecular weight is 341 g/mol. The van der Waals surface area contributed by atoms with E-state index in [-0.39, 0.29) is 22.1 Å². The van der Waals surface area contributed by atoms with Gasteiger partial charge in [-0.3, -0.25) is 0 Å². The van der Waals surface area contributed by atoms with Crippen LogP contribution in [-0.4, -0.2) is 0 Å². The van der Waals surface area contributed by atoms with Crippen molar-refractivity contribution in [2.24, 2.45) is 7.05 Å². The number of rotatable bonds is 0. The highest BCUT2D eigenvalue weighted by Crippen LogP contribution is 2.54. The Balaban J connectivity index is 2.49. The molecule has 0 amide bonds. The van der Waals surface area contributed by atoms with Crippen molar-refractivity contribution in [3.63, 3.8) is 0 Å². The predicted octanol–water partition coefficient (Wildman–Crippen LogP) is 5.49. The number of hydrogen-bond donors (Lipinski definition) is 0. The summed E-state index contributed by atoms with van der Waals surface area (Å²) < 4.78 is 16.5. The normalized spacial score (nSPS) is 17.8. The third kappa shape index (κ3) is 2.45. The van der Waals surface area contributed by atoms with Crippen molar-refractivity contribution in [3.05, 3.63) is 52.5 Å². The van der Waals surface area contributed by atoms with Gasteiger partial charge in [0.05, 0.1) is 5.56 Å². The molecule has 2 heteroatoms. The lowest BCUT2D eigenvalue weighted by molar-refractivity contribution is -0.661. The lowest BCUT2D eigenvalue weighted by Crippen LogP contribution is -2.48. The van der Waals surface area contributed by atoms with Gasteiger partial charge < -0.3 is 0 Å². The minimum Gasteiger partial charge on any atom is -0.207 e. The SMILES string of the molecule is Cc1cc(F)cc2c1-c1c(cc(C(C)(C)C)c[n+]1C)C(C)(C)C2(C)C. The Morgan fingerprint density at radius 3 is 2.04 bits per heavy atom. The summed E-state index contributed by atoms with van der Waals surface area (Å²) in [5.74, 6) is -0.141. The quantitative estimate of drug-likeness (QED) is 0.558. The molecule has 134 valence electrons. The van der Waals surface area contributed by atoms with Gasteiger partial charge in [0.1, 0.15) is 12.9 Å². The van der Waals surface area contributed by atoms with Gasteiger partial charge in [-0.2, -0.15) is 0 Å². The topological polar surface area (TPSA) is 3.88 Å². The van der Waals surface area contributed by atoms with Crippen molar-refractivity contribution in [3.8, 4) is 11.3 Å². The molecule has 0 spiro atoms. The third-order valence-corrected chi connectivity index (χ3v) is 6.55. The molecule has 1 aromatic carbocycles. The summed E-state index contributed by atoms with van der Waals surface area (Å²) in [6.45, 7) is 17.9. The number of nitrogens with zero attached hydrogens (tertiary/aromatic N) is 1. The van der Waals surface area contributed by atoms with Gasteiger partial charge in [-0.1, -0.05) is 48.5 Å². The molecule has 0 saturated heterocycles. The standard InChI is InChI=1S/C23H31FN/c1-14-10-16(24)12-17-19(14)20-18(23(7,8)22(17,5)6)11-15(13-25(20)9)21(2,3)4/h10-13H,1-9H3/q+1. The van der Waals surface area contributed by atoms with Crippen LogP contribution in [0, 0.1) is 12.7 Å². The number of benzene rings is 1. The van der Waals surface area contributed by atoms with E-state index in [0.29, 0.717) is 0 Å². The van der Waals surface area contributed by atoms with Crippen LogP contribution >= 0.6 is 0 Å². The van der Waals surface area contributed by atoms with Gasteiger partial charge in [0.15, 0.2) is 6.20 Å². The Labute approximate surface area is 151 Å². The Kier molecular flexibility index (Phi) is 3.73. The average Bonchev–Trinajstić information content (AvgIpc) is 2.44. The number of hydrogen-bond acceptors (Lipinski definition) is 0. The zero-order valence-electron chi connectivity index (χ0n) is 17.1. The fraction of sp³-hybridized carbons (Fsp3) is 0.522. The summed E-state index contributed by atoms with van der Waals surface area (Å²) in [7, 11) is 2.12. The molecule has 0 saturated carbocycles. The second kappa shape index (κ2) is 5.16. The second-order valence-corrected chi connectivity index (χ2v) is 9.75. The Bertz CT molecular complexity index is 867. The second-order valence-electron chi connectivity index (χ2n) is 9.75. The molecule has 3 rings (SSSR count). The number of pyridine rings is 1. The summed E-state index contributed by atoms with van der Waals surface area (Å²) in [5.41, 5.74) is 7.07. The lowest BCUT2D eigenvalue weighted by Gasteiger charge is -2.47. The van der Waals surface area contributed by atoms with E-state index in [9.17, 15) is 4.39 Å². The Morgan fingerprint density at radius 2 is 1.48 bits per heavy atom. The molecule has 2 aromatic rings. The van der Waals surface area contributed by atoms with Crippen molar-refractivity contribution in [1.82, 2.24) is 0 Å². The molecular formula is C23H31FN+. The van der Waals surface area contributed by atoms with Crippen molar-refractivity contribution in [2.75, 3.05) is 0 Å². The number of aromatic nitrogens is 1. The summed E-state index contributed by atoms with van der Waals surface area (Å²) >= 11 is 0. The highest BCUT2D eigenvalue weighted by atomic mass is 19.1. The van der Waals surface area contributed by atoms with Crippen molar-refractivity contribution in [2.45, 2.75) is 71.6 Å². The van der Waals surface area contributed by atoms with Crippen LogP contribution in [0.1, 0.15) is 70.7 Å². The molecule has 0 unspecified atom stereocenters. The zero-order chi connectivity index (χ0) is 18.9. The molecule has 1 aliphatic rings. The first-order chi connectivity index (χ1) is 11.3. The molecule has 1 nitrogen and oxygen atoms in total. The highest BCUT2D eigenvalue weighted by molar-refractivity contribution is 5.75. The third-order valence-electron chi connectivity index (χ3n) is 6.55. The van der Waals surface area contributed by atoms with Gasteiger partial charge in [0.2, 0.25) is 5.69 Å². The molecule has 25 heavy (non-hydrogen) atoms. The maximum atomic E-state index is 14.2. The van der Waals surface area contributed by atoms with Gasteiger partial charge in [-0.25, -0.2) is 8.96 Å². The molecule has 0 atom stereocenters. The van der Waals surface area contributed by atoms with Crippen LogP contribution in [0.15, 0.2) is 24.4 Å². The van der Waals surface area contributed by atoms with Crippen LogP contribution < -0.4 is 4.57 Å². The summed E-state index contributed by atoms with van der Waals surface area (Å²) in [6.07, 6.45) is 2.24.